The van der Waals surface area contributed by atoms with Gasteiger partial charge in [0.05, 0.1) is 11.8 Å². The first-order valence-corrected chi connectivity index (χ1v) is 6.68. The fourth-order valence-corrected chi connectivity index (χ4v) is 2.37. The molecule has 0 aliphatic heterocycles. The van der Waals surface area contributed by atoms with Crippen LogP contribution >= 0.6 is 0 Å². The largest absolute Gasteiger partial charge is 0.389 e. The van der Waals surface area contributed by atoms with Gasteiger partial charge in [-0.2, -0.15) is 0 Å². The molecule has 0 fully saturated rings. The van der Waals surface area contributed by atoms with Crippen molar-refractivity contribution in [3.63, 3.8) is 0 Å². The van der Waals surface area contributed by atoms with Gasteiger partial charge >= 0.3 is 0 Å². The van der Waals surface area contributed by atoms with Gasteiger partial charge in [0.1, 0.15) is 5.82 Å². The lowest BCUT2D eigenvalue weighted by Crippen LogP contribution is -2.13. The molecule has 2 nitrogen and oxygen atoms in total. The molecule has 1 atom stereocenters. The number of aliphatic hydroxyl groups excluding tert-OH is 1. The average molecular weight is 273 g/mol. The molecule has 0 saturated heterocycles. The Bertz CT molecular complexity index is 622. The van der Waals surface area contributed by atoms with Gasteiger partial charge in [-0.1, -0.05) is 23.8 Å². The Morgan fingerprint density at radius 3 is 2.25 bits per heavy atom. The standard InChI is InChI=1S/C17H20FNO/c1-11-5-7-16(12(2)9-11)19(4)17-8-6-14(13(3)20)10-15(17)18/h5-10,13,20H,1-4H3/t13-/m0/s1. The summed E-state index contributed by atoms with van der Waals surface area (Å²) in [4.78, 5) is 1.83. The van der Waals surface area contributed by atoms with Gasteiger partial charge in [0.25, 0.3) is 0 Å². The lowest BCUT2D eigenvalue weighted by Gasteiger charge is -2.23. The van der Waals surface area contributed by atoms with Crippen LogP contribution in [0.15, 0.2) is 36.4 Å². The van der Waals surface area contributed by atoms with Gasteiger partial charge < -0.3 is 10.0 Å². The van der Waals surface area contributed by atoms with Gasteiger partial charge in [-0.05, 0) is 50.1 Å². The molecule has 2 rings (SSSR count). The highest BCUT2D eigenvalue weighted by atomic mass is 19.1. The molecule has 0 aliphatic carbocycles. The third-order valence-corrected chi connectivity index (χ3v) is 3.53. The van der Waals surface area contributed by atoms with Gasteiger partial charge in [0, 0.05) is 12.7 Å². The van der Waals surface area contributed by atoms with E-state index in [2.05, 4.69) is 6.07 Å². The molecule has 3 heteroatoms. The molecule has 0 radical (unpaired) electrons. The quantitative estimate of drug-likeness (QED) is 0.903. The number of nitrogens with zero attached hydrogens (tertiary/aromatic N) is 1. The van der Waals surface area contributed by atoms with Crippen LogP contribution in [0.1, 0.15) is 29.7 Å². The summed E-state index contributed by atoms with van der Waals surface area (Å²) in [6, 6.07) is 10.9. The Kier molecular flexibility index (Phi) is 4.09. The van der Waals surface area contributed by atoms with E-state index in [0.29, 0.717) is 11.3 Å². The number of hydrogen-bond acceptors (Lipinski definition) is 2. The maximum atomic E-state index is 14.2. The Morgan fingerprint density at radius 1 is 1.05 bits per heavy atom. The zero-order chi connectivity index (χ0) is 14.9. The van der Waals surface area contributed by atoms with E-state index in [9.17, 15) is 9.50 Å². The average Bonchev–Trinajstić information content (AvgIpc) is 2.37. The molecule has 0 heterocycles. The lowest BCUT2D eigenvalue weighted by atomic mass is 10.1. The van der Waals surface area contributed by atoms with Gasteiger partial charge in [0.15, 0.2) is 0 Å². The molecule has 2 aromatic carbocycles. The molecule has 0 aliphatic rings. The van der Waals surface area contributed by atoms with Crippen LogP contribution in [0, 0.1) is 19.7 Å². The second-order valence-corrected chi connectivity index (χ2v) is 5.24. The Hall–Kier alpha value is -1.87. The fourth-order valence-electron chi connectivity index (χ4n) is 2.37. The molecule has 0 saturated carbocycles. The third kappa shape index (κ3) is 2.83. The molecule has 0 bridgehead atoms. The highest BCUT2D eigenvalue weighted by Crippen LogP contribution is 2.30. The first kappa shape index (κ1) is 14.5. The second kappa shape index (κ2) is 5.63. The topological polar surface area (TPSA) is 23.5 Å². The van der Waals surface area contributed by atoms with Crippen LogP contribution in [0.3, 0.4) is 0 Å². The first-order chi connectivity index (χ1) is 9.40. The van der Waals surface area contributed by atoms with Crippen LogP contribution in [-0.2, 0) is 0 Å². The van der Waals surface area contributed by atoms with Gasteiger partial charge in [-0.15, -0.1) is 0 Å². The molecule has 0 unspecified atom stereocenters. The maximum Gasteiger partial charge on any atom is 0.147 e. The van der Waals surface area contributed by atoms with E-state index < -0.39 is 6.10 Å². The summed E-state index contributed by atoms with van der Waals surface area (Å²) in [5, 5.41) is 9.49. The summed E-state index contributed by atoms with van der Waals surface area (Å²) in [7, 11) is 1.85. The van der Waals surface area contributed by atoms with E-state index in [4.69, 9.17) is 0 Å². The minimum Gasteiger partial charge on any atom is -0.389 e. The van der Waals surface area contributed by atoms with Crippen LogP contribution < -0.4 is 4.90 Å². The summed E-state index contributed by atoms with van der Waals surface area (Å²) >= 11 is 0. The van der Waals surface area contributed by atoms with Crippen molar-refractivity contribution in [2.75, 3.05) is 11.9 Å². The lowest BCUT2D eigenvalue weighted by molar-refractivity contribution is 0.199. The molecular weight excluding hydrogens is 253 g/mol. The van der Waals surface area contributed by atoms with E-state index >= 15 is 0 Å². The number of aryl methyl sites for hydroxylation is 2. The van der Waals surface area contributed by atoms with Gasteiger partial charge in [-0.25, -0.2) is 4.39 Å². The maximum absolute atomic E-state index is 14.2. The zero-order valence-electron chi connectivity index (χ0n) is 12.3. The second-order valence-electron chi connectivity index (χ2n) is 5.24. The van der Waals surface area contributed by atoms with Crippen LogP contribution in [0.2, 0.25) is 0 Å². The third-order valence-electron chi connectivity index (χ3n) is 3.53. The highest BCUT2D eigenvalue weighted by Gasteiger charge is 2.13. The van der Waals surface area contributed by atoms with E-state index in [0.717, 1.165) is 11.3 Å². The molecule has 0 spiro atoms. The fraction of sp³-hybridized carbons (Fsp3) is 0.294. The number of hydrogen-bond donors (Lipinski definition) is 1. The smallest absolute Gasteiger partial charge is 0.147 e. The minimum atomic E-state index is -0.662. The van der Waals surface area contributed by atoms with Crippen molar-refractivity contribution in [2.45, 2.75) is 26.9 Å². The molecule has 0 aromatic heterocycles. The Balaban J connectivity index is 2.40. The molecule has 1 N–H and O–H groups in total. The van der Waals surface area contributed by atoms with Crippen molar-refractivity contribution in [3.05, 3.63) is 58.9 Å². The van der Waals surface area contributed by atoms with Crippen molar-refractivity contribution >= 4 is 11.4 Å². The van der Waals surface area contributed by atoms with Crippen molar-refractivity contribution in [3.8, 4) is 0 Å². The number of rotatable bonds is 3. The minimum absolute atomic E-state index is 0.328. The number of aliphatic hydroxyl groups is 1. The van der Waals surface area contributed by atoms with E-state index in [1.54, 1.807) is 19.1 Å². The summed E-state index contributed by atoms with van der Waals surface area (Å²) in [5.41, 5.74) is 4.34. The van der Waals surface area contributed by atoms with Gasteiger partial charge in [-0.3, -0.25) is 0 Å². The molecule has 2 aromatic rings. The highest BCUT2D eigenvalue weighted by molar-refractivity contribution is 5.66. The van der Waals surface area contributed by atoms with Crippen LogP contribution in [0.4, 0.5) is 15.8 Å². The van der Waals surface area contributed by atoms with Crippen LogP contribution in [0.5, 0.6) is 0 Å². The van der Waals surface area contributed by atoms with Crippen LogP contribution in [0.25, 0.3) is 0 Å². The van der Waals surface area contributed by atoms with Crippen LogP contribution in [-0.4, -0.2) is 12.2 Å². The van der Waals surface area contributed by atoms with E-state index in [1.807, 2.05) is 37.9 Å². The summed E-state index contributed by atoms with van der Waals surface area (Å²) < 4.78 is 14.2. The van der Waals surface area contributed by atoms with Crippen molar-refractivity contribution in [2.24, 2.45) is 0 Å². The number of benzene rings is 2. The zero-order valence-corrected chi connectivity index (χ0v) is 12.3. The molecule has 0 amide bonds. The molecule has 106 valence electrons. The summed E-state index contributed by atoms with van der Waals surface area (Å²) in [5.74, 6) is -0.328. The van der Waals surface area contributed by atoms with Crippen molar-refractivity contribution in [1.29, 1.82) is 0 Å². The first-order valence-electron chi connectivity index (χ1n) is 6.68. The Morgan fingerprint density at radius 2 is 1.70 bits per heavy atom. The predicted octanol–water partition coefficient (Wildman–Crippen LogP) is 4.26. The number of anilines is 2. The normalized spacial score (nSPS) is 12.3. The Labute approximate surface area is 119 Å². The monoisotopic (exact) mass is 273 g/mol. The SMILES string of the molecule is Cc1ccc(N(C)c2ccc([C@H](C)O)cc2F)c(C)c1. The van der Waals surface area contributed by atoms with E-state index in [1.165, 1.54) is 11.6 Å². The summed E-state index contributed by atoms with van der Waals surface area (Å²) in [6.07, 6.45) is -0.662. The summed E-state index contributed by atoms with van der Waals surface area (Å²) in [6.45, 7) is 5.68. The predicted molar refractivity (Wildman–Crippen MR) is 81.0 cm³/mol. The van der Waals surface area contributed by atoms with E-state index in [-0.39, 0.29) is 5.82 Å². The number of halogens is 1. The van der Waals surface area contributed by atoms with Gasteiger partial charge in [0.2, 0.25) is 0 Å². The van der Waals surface area contributed by atoms with Crippen molar-refractivity contribution in [1.82, 2.24) is 0 Å². The van der Waals surface area contributed by atoms with Crippen molar-refractivity contribution < 1.29 is 9.50 Å². The molecule has 20 heavy (non-hydrogen) atoms. The molecular formula is C17H20FNO.